The molecule has 3 aromatic rings. The zero-order valence-corrected chi connectivity index (χ0v) is 19.7. The molecule has 3 rings (SSSR count). The van der Waals surface area contributed by atoms with E-state index in [4.69, 9.17) is 23.2 Å². The third-order valence-corrected chi connectivity index (χ3v) is 6.23. The van der Waals surface area contributed by atoms with E-state index in [-0.39, 0.29) is 26.5 Å². The Bertz CT molecular complexity index is 1320. The molecule has 0 saturated heterocycles. The largest absolute Gasteiger partial charge is 0.505 e. The van der Waals surface area contributed by atoms with Crippen molar-refractivity contribution >= 4 is 51.9 Å². The number of phenolic OH excluding ortho intramolecular Hbond substituents is 1. The number of aliphatic carboxylic acids is 1. The number of halogens is 3. The van der Waals surface area contributed by atoms with Crippen molar-refractivity contribution in [1.29, 1.82) is 0 Å². The molecular formula is C23H21Cl2FN2O5. The van der Waals surface area contributed by atoms with E-state index < -0.39 is 40.8 Å². The maximum absolute atomic E-state index is 14.3. The third kappa shape index (κ3) is 4.41. The highest BCUT2D eigenvalue weighted by molar-refractivity contribution is 6.42. The second-order valence-corrected chi connectivity index (χ2v) is 9.04. The Morgan fingerprint density at radius 1 is 1.12 bits per heavy atom. The average Bonchev–Trinajstić information content (AvgIpc) is 2.99. The van der Waals surface area contributed by atoms with E-state index in [0.717, 1.165) is 12.1 Å². The fourth-order valence-electron chi connectivity index (χ4n) is 3.62. The number of hydrogen-bond acceptors (Lipinski definition) is 4. The average molecular weight is 495 g/mol. The molecule has 1 amide bonds. The monoisotopic (exact) mass is 494 g/mol. The van der Waals surface area contributed by atoms with Gasteiger partial charge in [0.05, 0.1) is 21.5 Å². The molecule has 1 aromatic heterocycles. The lowest BCUT2D eigenvalue weighted by Gasteiger charge is -2.23. The van der Waals surface area contributed by atoms with Gasteiger partial charge in [0, 0.05) is 22.7 Å². The Morgan fingerprint density at radius 2 is 1.76 bits per heavy atom. The number of hydrogen-bond donors (Lipinski definition) is 3. The van der Waals surface area contributed by atoms with Gasteiger partial charge in [0.25, 0.3) is 5.91 Å². The lowest BCUT2D eigenvalue weighted by molar-refractivity contribution is -0.146. The summed E-state index contributed by atoms with van der Waals surface area (Å²) in [6.07, 6.45) is 0. The normalized spacial score (nSPS) is 12.6. The van der Waals surface area contributed by atoms with Gasteiger partial charge in [-0.05, 0) is 57.5 Å². The number of carbonyl (C=O) groups is 3. The standard InChI is InChI=1S/C23H21Cl2FN2O5/c1-10(20(30)27-23(3,4)22(32)33)19-11(2)28(17-9-16(26)18(29)8-13(17)19)21(31)12-5-6-14(24)15(25)7-12/h5-10,29H,1-4H3,(H,27,30)(H,32,33)/t10-/m1/s1. The lowest BCUT2D eigenvalue weighted by Crippen LogP contribution is -2.50. The molecule has 2 aromatic carbocycles. The van der Waals surface area contributed by atoms with Gasteiger partial charge in [0.1, 0.15) is 5.54 Å². The van der Waals surface area contributed by atoms with Crippen LogP contribution in [-0.4, -0.2) is 38.1 Å². The van der Waals surface area contributed by atoms with Crippen LogP contribution in [-0.2, 0) is 9.59 Å². The number of benzene rings is 2. The van der Waals surface area contributed by atoms with E-state index in [1.54, 1.807) is 6.92 Å². The van der Waals surface area contributed by atoms with E-state index in [9.17, 15) is 29.0 Å². The number of carboxylic acids is 1. The van der Waals surface area contributed by atoms with Gasteiger partial charge >= 0.3 is 5.97 Å². The molecule has 0 aliphatic rings. The Hall–Kier alpha value is -3.10. The van der Waals surface area contributed by atoms with Crippen molar-refractivity contribution in [3.8, 4) is 5.75 Å². The molecule has 0 bridgehead atoms. The summed E-state index contributed by atoms with van der Waals surface area (Å²) < 4.78 is 15.5. The number of aromatic nitrogens is 1. The Morgan fingerprint density at radius 3 is 2.33 bits per heavy atom. The van der Waals surface area contributed by atoms with Gasteiger partial charge < -0.3 is 15.5 Å². The van der Waals surface area contributed by atoms with Crippen molar-refractivity contribution in [1.82, 2.24) is 9.88 Å². The summed E-state index contributed by atoms with van der Waals surface area (Å²) in [5, 5.41) is 22.4. The van der Waals surface area contributed by atoms with Crippen molar-refractivity contribution in [2.24, 2.45) is 0 Å². The molecule has 174 valence electrons. The second kappa shape index (κ2) is 8.68. The number of aromatic hydroxyl groups is 1. The molecule has 10 heteroatoms. The first-order chi connectivity index (χ1) is 15.3. The molecule has 0 fully saturated rings. The fraction of sp³-hybridized carbons (Fsp3) is 0.261. The zero-order valence-electron chi connectivity index (χ0n) is 18.2. The van der Waals surface area contributed by atoms with Gasteiger partial charge in [-0.3, -0.25) is 14.2 Å². The van der Waals surface area contributed by atoms with Crippen LogP contribution in [0.15, 0.2) is 30.3 Å². The van der Waals surface area contributed by atoms with Crippen LogP contribution in [0.1, 0.15) is 48.3 Å². The van der Waals surface area contributed by atoms with Crippen LogP contribution in [0.4, 0.5) is 4.39 Å². The Kier molecular flexibility index (Phi) is 6.46. The summed E-state index contributed by atoms with van der Waals surface area (Å²) in [5.41, 5.74) is -0.573. The minimum absolute atomic E-state index is 0.131. The van der Waals surface area contributed by atoms with Crippen LogP contribution in [0.3, 0.4) is 0 Å². The van der Waals surface area contributed by atoms with Gasteiger partial charge in [0.15, 0.2) is 11.6 Å². The molecule has 0 saturated carbocycles. The number of rotatable bonds is 5. The van der Waals surface area contributed by atoms with Crippen LogP contribution in [0.2, 0.25) is 10.0 Å². The molecule has 0 aliphatic carbocycles. The molecular weight excluding hydrogens is 474 g/mol. The van der Waals surface area contributed by atoms with E-state index in [1.807, 2.05) is 0 Å². The van der Waals surface area contributed by atoms with Crippen molar-refractivity contribution in [2.75, 3.05) is 0 Å². The second-order valence-electron chi connectivity index (χ2n) is 8.23. The van der Waals surface area contributed by atoms with Gasteiger partial charge in [-0.1, -0.05) is 23.2 Å². The van der Waals surface area contributed by atoms with Crippen molar-refractivity contribution in [3.63, 3.8) is 0 Å². The third-order valence-electron chi connectivity index (χ3n) is 5.49. The minimum Gasteiger partial charge on any atom is -0.505 e. The first-order valence-electron chi connectivity index (χ1n) is 9.84. The fourth-order valence-corrected chi connectivity index (χ4v) is 3.91. The maximum atomic E-state index is 14.3. The SMILES string of the molecule is Cc1c([C@@H](C)C(=O)NC(C)(C)C(=O)O)c2cc(O)c(F)cc2n1C(=O)c1ccc(Cl)c(Cl)c1. The molecule has 0 radical (unpaired) electrons. The summed E-state index contributed by atoms with van der Waals surface area (Å²) >= 11 is 12.0. The van der Waals surface area contributed by atoms with Crippen LogP contribution < -0.4 is 5.32 Å². The first-order valence-corrected chi connectivity index (χ1v) is 10.6. The van der Waals surface area contributed by atoms with Gasteiger partial charge in [0.2, 0.25) is 5.91 Å². The summed E-state index contributed by atoms with van der Waals surface area (Å²) in [4.78, 5) is 37.7. The van der Waals surface area contributed by atoms with E-state index in [1.165, 1.54) is 43.5 Å². The molecule has 33 heavy (non-hydrogen) atoms. The van der Waals surface area contributed by atoms with E-state index in [2.05, 4.69) is 5.32 Å². The van der Waals surface area contributed by atoms with Gasteiger partial charge in [-0.25, -0.2) is 9.18 Å². The number of phenols is 1. The van der Waals surface area contributed by atoms with Crippen molar-refractivity contribution in [3.05, 3.63) is 63.0 Å². The lowest BCUT2D eigenvalue weighted by atomic mass is 9.95. The molecule has 7 nitrogen and oxygen atoms in total. The first kappa shape index (κ1) is 24.5. The summed E-state index contributed by atoms with van der Waals surface area (Å²) in [6, 6.07) is 6.43. The van der Waals surface area contributed by atoms with Crippen molar-refractivity contribution in [2.45, 2.75) is 39.2 Å². The molecule has 0 aliphatic heterocycles. The highest BCUT2D eigenvalue weighted by Gasteiger charge is 2.33. The zero-order chi connectivity index (χ0) is 24.8. The Labute approximate surface area is 198 Å². The Balaban J connectivity index is 2.21. The van der Waals surface area contributed by atoms with Crippen molar-refractivity contribution < 1.29 is 29.0 Å². The number of amides is 1. The topological polar surface area (TPSA) is 109 Å². The quantitative estimate of drug-likeness (QED) is 0.468. The van der Waals surface area contributed by atoms with Crippen LogP contribution in [0, 0.1) is 12.7 Å². The van der Waals surface area contributed by atoms with Gasteiger partial charge in [-0.15, -0.1) is 0 Å². The number of fused-ring (bicyclic) bond motifs is 1. The molecule has 1 atom stereocenters. The number of nitrogens with zero attached hydrogens (tertiary/aromatic N) is 1. The number of nitrogens with one attached hydrogen (secondary N) is 1. The summed E-state index contributed by atoms with van der Waals surface area (Å²) in [7, 11) is 0. The van der Waals surface area contributed by atoms with E-state index >= 15 is 0 Å². The predicted molar refractivity (Wildman–Crippen MR) is 123 cm³/mol. The number of carboxylic acid groups (broad SMARTS) is 1. The van der Waals surface area contributed by atoms with Crippen LogP contribution >= 0.6 is 23.2 Å². The van der Waals surface area contributed by atoms with Crippen LogP contribution in [0.5, 0.6) is 5.75 Å². The maximum Gasteiger partial charge on any atom is 0.328 e. The van der Waals surface area contributed by atoms with Crippen LogP contribution in [0.25, 0.3) is 10.9 Å². The van der Waals surface area contributed by atoms with E-state index in [0.29, 0.717) is 11.3 Å². The predicted octanol–water partition coefficient (Wildman–Crippen LogP) is 4.87. The molecule has 0 unspecified atom stereocenters. The summed E-state index contributed by atoms with van der Waals surface area (Å²) in [5.74, 6) is -4.92. The smallest absolute Gasteiger partial charge is 0.328 e. The highest BCUT2D eigenvalue weighted by Crippen LogP contribution is 2.36. The molecule has 0 spiro atoms. The number of carbonyl (C=O) groups excluding carboxylic acids is 2. The molecule has 3 N–H and O–H groups in total. The van der Waals surface area contributed by atoms with Gasteiger partial charge in [-0.2, -0.15) is 0 Å². The molecule has 1 heterocycles. The minimum atomic E-state index is -1.54. The highest BCUT2D eigenvalue weighted by atomic mass is 35.5. The summed E-state index contributed by atoms with van der Waals surface area (Å²) in [6.45, 7) is 5.78.